The second-order valence-corrected chi connectivity index (χ2v) is 7.34. The maximum atomic E-state index is 4.37. The standard InChI is InChI=1S/C20H32N6/c1-15-6-5-7-18-19(15)16(12-23-18)8-9-22-20(21-2)24-13-17-14-25(3)10-11-26(17)4/h5-7,12,17,23H,8-11,13-14H2,1-4H3,(H2,21,22,24). The van der Waals surface area contributed by atoms with Crippen LogP contribution >= 0.6 is 0 Å². The minimum Gasteiger partial charge on any atom is -0.361 e. The van der Waals surface area contributed by atoms with Gasteiger partial charge >= 0.3 is 0 Å². The van der Waals surface area contributed by atoms with Gasteiger partial charge in [-0.05, 0) is 44.6 Å². The number of hydrogen-bond donors (Lipinski definition) is 3. The molecule has 2 heterocycles. The highest BCUT2D eigenvalue weighted by Gasteiger charge is 2.22. The Morgan fingerprint density at radius 1 is 1.27 bits per heavy atom. The molecule has 0 bridgehead atoms. The van der Waals surface area contributed by atoms with Crippen LogP contribution in [0.2, 0.25) is 0 Å². The molecule has 0 amide bonds. The molecule has 2 aromatic rings. The Balaban J connectivity index is 1.50. The van der Waals surface area contributed by atoms with Gasteiger partial charge in [0.2, 0.25) is 0 Å². The number of likely N-dealkylation sites (N-methyl/N-ethyl adjacent to an activating group) is 2. The maximum absolute atomic E-state index is 4.37. The van der Waals surface area contributed by atoms with Crippen molar-refractivity contribution in [1.82, 2.24) is 25.4 Å². The molecule has 0 radical (unpaired) electrons. The molecule has 1 saturated heterocycles. The Hall–Kier alpha value is -2.05. The minimum atomic E-state index is 0.517. The van der Waals surface area contributed by atoms with E-state index in [-0.39, 0.29) is 0 Å². The van der Waals surface area contributed by atoms with Crippen molar-refractivity contribution in [3.63, 3.8) is 0 Å². The average Bonchev–Trinajstić information content (AvgIpc) is 3.05. The summed E-state index contributed by atoms with van der Waals surface area (Å²) in [6.07, 6.45) is 3.10. The Kier molecular flexibility index (Phi) is 6.16. The van der Waals surface area contributed by atoms with E-state index in [0.29, 0.717) is 6.04 Å². The quantitative estimate of drug-likeness (QED) is 0.560. The fourth-order valence-electron chi connectivity index (χ4n) is 3.72. The normalized spacial score (nSPS) is 19.8. The van der Waals surface area contributed by atoms with Gasteiger partial charge < -0.3 is 20.5 Å². The van der Waals surface area contributed by atoms with Crippen molar-refractivity contribution in [2.75, 3.05) is 53.9 Å². The van der Waals surface area contributed by atoms with E-state index >= 15 is 0 Å². The highest BCUT2D eigenvalue weighted by atomic mass is 15.3. The van der Waals surface area contributed by atoms with Crippen molar-refractivity contribution < 1.29 is 0 Å². The van der Waals surface area contributed by atoms with Crippen LogP contribution in [-0.4, -0.2) is 80.7 Å². The number of aromatic nitrogens is 1. The molecule has 0 saturated carbocycles. The first-order valence-corrected chi connectivity index (χ1v) is 9.47. The van der Waals surface area contributed by atoms with Crippen molar-refractivity contribution >= 4 is 16.9 Å². The lowest BCUT2D eigenvalue weighted by atomic mass is 10.1. The molecule has 1 aliphatic rings. The fraction of sp³-hybridized carbons (Fsp3) is 0.550. The van der Waals surface area contributed by atoms with Gasteiger partial charge in [-0.3, -0.25) is 9.89 Å². The molecule has 1 aliphatic heterocycles. The van der Waals surface area contributed by atoms with E-state index in [2.05, 4.69) is 75.8 Å². The highest BCUT2D eigenvalue weighted by molar-refractivity contribution is 5.86. The van der Waals surface area contributed by atoms with Crippen LogP contribution in [0.3, 0.4) is 0 Å². The number of hydrogen-bond acceptors (Lipinski definition) is 3. The van der Waals surface area contributed by atoms with E-state index in [9.17, 15) is 0 Å². The van der Waals surface area contributed by atoms with Crippen LogP contribution < -0.4 is 10.6 Å². The lowest BCUT2D eigenvalue weighted by Gasteiger charge is -2.37. The molecular formula is C20H32N6. The molecule has 6 heteroatoms. The SMILES string of the molecule is CN=C(NCCc1c[nH]c2cccc(C)c12)NCC1CN(C)CCN1C. The van der Waals surface area contributed by atoms with Crippen molar-refractivity contribution in [3.8, 4) is 0 Å². The van der Waals surface area contributed by atoms with Gasteiger partial charge in [0.25, 0.3) is 0 Å². The van der Waals surface area contributed by atoms with E-state index in [1.165, 1.54) is 22.0 Å². The Morgan fingerprint density at radius 3 is 2.92 bits per heavy atom. The summed E-state index contributed by atoms with van der Waals surface area (Å²) in [6.45, 7) is 7.30. The van der Waals surface area contributed by atoms with E-state index in [4.69, 9.17) is 0 Å². The lowest BCUT2D eigenvalue weighted by Crippen LogP contribution is -2.55. The summed E-state index contributed by atoms with van der Waals surface area (Å²) in [5, 5.41) is 8.28. The van der Waals surface area contributed by atoms with Crippen molar-refractivity contribution in [2.45, 2.75) is 19.4 Å². The average molecular weight is 357 g/mol. The molecule has 1 unspecified atom stereocenters. The Bertz CT molecular complexity index is 750. The zero-order valence-corrected chi connectivity index (χ0v) is 16.5. The summed E-state index contributed by atoms with van der Waals surface area (Å²) >= 11 is 0. The monoisotopic (exact) mass is 356 g/mol. The van der Waals surface area contributed by atoms with Gasteiger partial charge in [-0.2, -0.15) is 0 Å². The number of aryl methyl sites for hydroxylation is 1. The summed E-state index contributed by atoms with van der Waals surface area (Å²) in [6, 6.07) is 6.92. The van der Waals surface area contributed by atoms with Crippen molar-refractivity contribution in [2.24, 2.45) is 4.99 Å². The van der Waals surface area contributed by atoms with E-state index in [1.807, 2.05) is 7.05 Å². The molecule has 1 aromatic heterocycles. The number of benzene rings is 1. The summed E-state index contributed by atoms with van der Waals surface area (Å²) in [5.41, 5.74) is 3.90. The van der Waals surface area contributed by atoms with E-state index in [1.54, 1.807) is 0 Å². The first kappa shape index (κ1) is 18.7. The number of piperazine rings is 1. The van der Waals surface area contributed by atoms with Crippen LogP contribution in [0.1, 0.15) is 11.1 Å². The van der Waals surface area contributed by atoms with Crippen LogP contribution in [-0.2, 0) is 6.42 Å². The van der Waals surface area contributed by atoms with Crippen LogP contribution in [0.15, 0.2) is 29.4 Å². The van der Waals surface area contributed by atoms with Gasteiger partial charge in [0, 0.05) is 62.9 Å². The molecule has 142 valence electrons. The summed E-state index contributed by atoms with van der Waals surface area (Å²) in [4.78, 5) is 12.6. The van der Waals surface area contributed by atoms with Gasteiger partial charge in [0.05, 0.1) is 0 Å². The molecule has 26 heavy (non-hydrogen) atoms. The molecule has 6 nitrogen and oxygen atoms in total. The molecule has 0 spiro atoms. The molecule has 1 atom stereocenters. The van der Waals surface area contributed by atoms with E-state index < -0.39 is 0 Å². The first-order chi connectivity index (χ1) is 12.6. The fourth-order valence-corrected chi connectivity index (χ4v) is 3.72. The third-order valence-electron chi connectivity index (χ3n) is 5.39. The van der Waals surface area contributed by atoms with Crippen molar-refractivity contribution in [3.05, 3.63) is 35.5 Å². The van der Waals surface area contributed by atoms with Gasteiger partial charge in [-0.15, -0.1) is 0 Å². The third-order valence-corrected chi connectivity index (χ3v) is 5.39. The van der Waals surface area contributed by atoms with Gasteiger partial charge in [0.1, 0.15) is 0 Å². The van der Waals surface area contributed by atoms with Crippen LogP contribution in [0.25, 0.3) is 10.9 Å². The van der Waals surface area contributed by atoms with Gasteiger partial charge in [0.15, 0.2) is 5.96 Å². The zero-order chi connectivity index (χ0) is 18.5. The minimum absolute atomic E-state index is 0.517. The predicted molar refractivity (Wildman–Crippen MR) is 110 cm³/mol. The number of H-pyrrole nitrogens is 1. The van der Waals surface area contributed by atoms with Crippen molar-refractivity contribution in [1.29, 1.82) is 0 Å². The number of rotatable bonds is 5. The van der Waals surface area contributed by atoms with Gasteiger partial charge in [-0.1, -0.05) is 12.1 Å². The topological polar surface area (TPSA) is 58.7 Å². The summed E-state index contributed by atoms with van der Waals surface area (Å²) in [5.74, 6) is 0.878. The highest BCUT2D eigenvalue weighted by Crippen LogP contribution is 2.22. The van der Waals surface area contributed by atoms with Crippen LogP contribution in [0.5, 0.6) is 0 Å². The molecule has 0 aliphatic carbocycles. The second-order valence-electron chi connectivity index (χ2n) is 7.34. The first-order valence-electron chi connectivity index (χ1n) is 9.47. The van der Waals surface area contributed by atoms with Crippen LogP contribution in [0, 0.1) is 6.92 Å². The second kappa shape index (κ2) is 8.56. The number of aromatic amines is 1. The summed E-state index contributed by atoms with van der Waals surface area (Å²) in [7, 11) is 6.23. The van der Waals surface area contributed by atoms with E-state index in [0.717, 1.165) is 45.1 Å². The number of nitrogens with zero attached hydrogens (tertiary/aromatic N) is 3. The summed E-state index contributed by atoms with van der Waals surface area (Å²) < 4.78 is 0. The predicted octanol–water partition coefficient (Wildman–Crippen LogP) is 1.43. The molecule has 3 rings (SSSR count). The molecule has 1 fully saturated rings. The number of nitrogens with one attached hydrogen (secondary N) is 3. The lowest BCUT2D eigenvalue weighted by molar-refractivity contribution is 0.116. The third kappa shape index (κ3) is 4.37. The van der Waals surface area contributed by atoms with Gasteiger partial charge in [-0.25, -0.2) is 0 Å². The number of guanidine groups is 1. The largest absolute Gasteiger partial charge is 0.361 e. The van der Waals surface area contributed by atoms with Crippen LogP contribution in [0.4, 0.5) is 0 Å². The number of aliphatic imine (C=N–C) groups is 1. The Morgan fingerprint density at radius 2 is 2.12 bits per heavy atom. The molecule has 3 N–H and O–H groups in total. The molecule has 1 aromatic carbocycles. The Labute approximate surface area is 156 Å². The number of fused-ring (bicyclic) bond motifs is 1. The maximum Gasteiger partial charge on any atom is 0.191 e. The zero-order valence-electron chi connectivity index (χ0n) is 16.5. The molecular weight excluding hydrogens is 324 g/mol. The smallest absolute Gasteiger partial charge is 0.191 e.